The number of para-hydroxylation sites is 3. The van der Waals surface area contributed by atoms with Crippen LogP contribution in [0.25, 0.3) is 60.5 Å². The molecule has 0 aliphatic carbocycles. The van der Waals surface area contributed by atoms with Gasteiger partial charge in [-0.1, -0.05) is 133 Å². The molecule has 49 heavy (non-hydrogen) atoms. The first-order valence-electron chi connectivity index (χ1n) is 16.5. The first-order chi connectivity index (χ1) is 24.2. The van der Waals surface area contributed by atoms with Gasteiger partial charge in [-0.2, -0.15) is 0 Å². The fourth-order valence-electron chi connectivity index (χ4n) is 7.23. The van der Waals surface area contributed by atoms with E-state index in [-0.39, 0.29) is 0 Å². The van der Waals surface area contributed by atoms with Gasteiger partial charge in [0.15, 0.2) is 0 Å². The zero-order valence-electron chi connectivity index (χ0n) is 26.7. The molecule has 1 aromatic heterocycles. The third kappa shape index (κ3) is 5.14. The van der Waals surface area contributed by atoms with Crippen molar-refractivity contribution in [2.24, 2.45) is 0 Å². The Bertz CT molecular complexity index is 2550. The molecule has 0 aliphatic heterocycles. The summed E-state index contributed by atoms with van der Waals surface area (Å²) in [7, 11) is 0. The molecule has 0 saturated carbocycles. The first kappa shape index (κ1) is 29.1. The zero-order valence-corrected chi connectivity index (χ0v) is 27.4. The Balaban J connectivity index is 1.40. The van der Waals surface area contributed by atoms with Gasteiger partial charge in [-0.15, -0.1) is 0 Å². The van der Waals surface area contributed by atoms with Gasteiger partial charge in [-0.25, -0.2) is 0 Å². The molecule has 0 unspecified atom stereocenters. The van der Waals surface area contributed by atoms with Crippen molar-refractivity contribution in [2.75, 3.05) is 4.90 Å². The quantitative estimate of drug-likeness (QED) is 0.174. The van der Waals surface area contributed by atoms with Gasteiger partial charge < -0.3 is 9.47 Å². The molecule has 3 heteroatoms. The van der Waals surface area contributed by atoms with Gasteiger partial charge in [0.25, 0.3) is 0 Å². The summed E-state index contributed by atoms with van der Waals surface area (Å²) < 4.78 is 2.44. The number of anilines is 3. The van der Waals surface area contributed by atoms with Crippen LogP contribution in [0.3, 0.4) is 0 Å². The monoisotopic (exact) mass is 646 g/mol. The zero-order chi connectivity index (χ0) is 32.7. The van der Waals surface area contributed by atoms with E-state index >= 15 is 0 Å². The van der Waals surface area contributed by atoms with Crippen molar-refractivity contribution < 1.29 is 0 Å². The maximum absolute atomic E-state index is 7.09. The van der Waals surface area contributed by atoms with Crippen LogP contribution in [-0.4, -0.2) is 4.57 Å². The number of hydrogen-bond donors (Lipinski definition) is 0. The molecule has 8 aromatic carbocycles. The highest BCUT2D eigenvalue weighted by Gasteiger charge is 2.21. The summed E-state index contributed by atoms with van der Waals surface area (Å²) >= 11 is 7.09. The smallest absolute Gasteiger partial charge is 0.0619 e. The van der Waals surface area contributed by atoms with Gasteiger partial charge in [-0.3, -0.25) is 0 Å². The van der Waals surface area contributed by atoms with Gasteiger partial charge in [0.1, 0.15) is 0 Å². The number of nitrogens with zero attached hydrogens (tertiary/aromatic N) is 2. The minimum atomic E-state index is 0.680. The lowest BCUT2D eigenvalue weighted by Crippen LogP contribution is -2.09. The van der Waals surface area contributed by atoms with Crippen LogP contribution < -0.4 is 4.90 Å². The minimum absolute atomic E-state index is 0.680. The number of aromatic nitrogens is 1. The van der Waals surface area contributed by atoms with Crippen LogP contribution in [0.5, 0.6) is 0 Å². The van der Waals surface area contributed by atoms with Gasteiger partial charge in [0.05, 0.1) is 11.0 Å². The largest absolute Gasteiger partial charge is 0.310 e. The number of benzene rings is 8. The van der Waals surface area contributed by atoms with Crippen LogP contribution in [0.1, 0.15) is 0 Å². The number of hydrogen-bond acceptors (Lipinski definition) is 1. The van der Waals surface area contributed by atoms with Crippen molar-refractivity contribution >= 4 is 61.2 Å². The van der Waals surface area contributed by atoms with Crippen molar-refractivity contribution in [2.45, 2.75) is 0 Å². The average Bonchev–Trinajstić information content (AvgIpc) is 3.51. The van der Waals surface area contributed by atoms with Crippen LogP contribution in [0.4, 0.5) is 17.1 Å². The molecular weight excluding hydrogens is 616 g/mol. The van der Waals surface area contributed by atoms with Crippen LogP contribution in [0.2, 0.25) is 5.02 Å². The molecule has 9 aromatic rings. The Morgan fingerprint density at radius 1 is 0.429 bits per heavy atom. The Labute approximate surface area is 290 Å². The normalized spacial score (nSPS) is 11.4. The van der Waals surface area contributed by atoms with E-state index in [2.05, 4.69) is 185 Å². The van der Waals surface area contributed by atoms with E-state index in [9.17, 15) is 0 Å². The van der Waals surface area contributed by atoms with E-state index in [0.29, 0.717) is 5.02 Å². The molecule has 2 nitrogen and oxygen atoms in total. The van der Waals surface area contributed by atoms with Crippen molar-refractivity contribution in [3.63, 3.8) is 0 Å². The molecule has 0 bridgehead atoms. The second-order valence-corrected chi connectivity index (χ2v) is 12.8. The molecule has 0 saturated heterocycles. The Morgan fingerprint density at radius 2 is 1.04 bits per heavy atom. The summed E-state index contributed by atoms with van der Waals surface area (Å²) in [5.41, 5.74) is 11.1. The molecule has 0 aliphatic rings. The topological polar surface area (TPSA) is 8.17 Å². The Morgan fingerprint density at radius 3 is 1.73 bits per heavy atom. The van der Waals surface area contributed by atoms with Crippen LogP contribution >= 0.6 is 11.6 Å². The van der Waals surface area contributed by atoms with Gasteiger partial charge in [-0.05, 0) is 94.4 Å². The molecule has 0 N–H and O–H groups in total. The fourth-order valence-corrected chi connectivity index (χ4v) is 7.46. The molecular formula is C46H31ClN2. The predicted molar refractivity (Wildman–Crippen MR) is 209 cm³/mol. The molecule has 0 radical (unpaired) electrons. The van der Waals surface area contributed by atoms with E-state index in [1.54, 1.807) is 0 Å². The van der Waals surface area contributed by atoms with Gasteiger partial charge in [0.2, 0.25) is 0 Å². The SMILES string of the molecule is Clc1cc(-c2cc(-c3ccccc3)cc3c2c2ccc4ccccc4c2n3-c2ccccc2)cc(N(c2ccccc2)c2ccccc2)c1. The molecule has 0 atom stereocenters. The highest BCUT2D eigenvalue weighted by Crippen LogP contribution is 2.45. The lowest BCUT2D eigenvalue weighted by atomic mass is 9.93. The van der Waals surface area contributed by atoms with E-state index in [1.807, 2.05) is 12.1 Å². The Hall–Kier alpha value is -6.09. The van der Waals surface area contributed by atoms with Crippen molar-refractivity contribution in [3.05, 3.63) is 193 Å². The first-order valence-corrected chi connectivity index (χ1v) is 16.9. The fraction of sp³-hybridized carbons (Fsp3) is 0. The molecule has 9 rings (SSSR count). The van der Waals surface area contributed by atoms with Crippen molar-refractivity contribution in [1.29, 1.82) is 0 Å². The summed E-state index contributed by atoms with van der Waals surface area (Å²) in [5, 5.41) is 5.52. The highest BCUT2D eigenvalue weighted by atomic mass is 35.5. The number of halogens is 1. The van der Waals surface area contributed by atoms with Gasteiger partial charge in [0, 0.05) is 43.9 Å². The molecule has 0 spiro atoms. The van der Waals surface area contributed by atoms with Crippen LogP contribution in [0.15, 0.2) is 188 Å². The lowest BCUT2D eigenvalue weighted by Gasteiger charge is -2.26. The maximum atomic E-state index is 7.09. The second kappa shape index (κ2) is 12.2. The summed E-state index contributed by atoms with van der Waals surface area (Å²) in [4.78, 5) is 2.27. The van der Waals surface area contributed by atoms with Crippen molar-refractivity contribution in [3.8, 4) is 27.9 Å². The maximum Gasteiger partial charge on any atom is 0.0619 e. The standard InChI is InChI=1S/C46H31ClN2/c47-36-27-35(28-40(31-36)48(37-18-7-2-8-19-37)38-20-9-3-10-21-38)43-29-34(32-15-5-1-6-16-32)30-44-45(43)42-26-25-33-17-13-14-24-41(33)46(42)49(44)39-22-11-4-12-23-39/h1-31H. The Kier molecular flexibility index (Phi) is 7.22. The predicted octanol–water partition coefficient (Wildman–Crippen LogP) is 13.4. The van der Waals surface area contributed by atoms with E-state index < -0.39 is 0 Å². The van der Waals surface area contributed by atoms with E-state index in [4.69, 9.17) is 11.6 Å². The summed E-state index contributed by atoms with van der Waals surface area (Å²) in [6.07, 6.45) is 0. The van der Waals surface area contributed by atoms with E-state index in [1.165, 1.54) is 27.1 Å². The third-order valence-corrected chi connectivity index (χ3v) is 9.57. The number of rotatable bonds is 6. The minimum Gasteiger partial charge on any atom is -0.310 e. The second-order valence-electron chi connectivity index (χ2n) is 12.3. The molecule has 1 heterocycles. The highest BCUT2D eigenvalue weighted by molar-refractivity contribution is 6.31. The molecule has 0 fully saturated rings. The van der Waals surface area contributed by atoms with E-state index in [0.717, 1.165) is 50.5 Å². The summed E-state index contributed by atoms with van der Waals surface area (Å²) in [6, 6.07) is 66.7. The lowest BCUT2D eigenvalue weighted by molar-refractivity contribution is 1.19. The molecule has 232 valence electrons. The van der Waals surface area contributed by atoms with Crippen molar-refractivity contribution in [1.82, 2.24) is 4.57 Å². The van der Waals surface area contributed by atoms with Crippen LogP contribution in [0, 0.1) is 0 Å². The third-order valence-electron chi connectivity index (χ3n) is 9.35. The summed E-state index contributed by atoms with van der Waals surface area (Å²) in [5.74, 6) is 0. The number of fused-ring (bicyclic) bond motifs is 5. The van der Waals surface area contributed by atoms with Crippen LogP contribution in [-0.2, 0) is 0 Å². The van der Waals surface area contributed by atoms with Gasteiger partial charge >= 0.3 is 0 Å². The molecule has 0 amide bonds. The summed E-state index contributed by atoms with van der Waals surface area (Å²) in [6.45, 7) is 0. The average molecular weight is 647 g/mol.